The summed E-state index contributed by atoms with van der Waals surface area (Å²) in [4.78, 5) is 0. The quantitative estimate of drug-likeness (QED) is 0.842. The van der Waals surface area contributed by atoms with Crippen molar-refractivity contribution in [1.82, 2.24) is 5.32 Å². The van der Waals surface area contributed by atoms with Crippen LogP contribution in [-0.4, -0.2) is 6.04 Å². The molecule has 2 aliphatic carbocycles. The van der Waals surface area contributed by atoms with E-state index in [0.717, 1.165) is 5.92 Å². The Morgan fingerprint density at radius 2 is 1.84 bits per heavy atom. The Hall–Kier alpha value is -0.820. The predicted molar refractivity (Wildman–Crippen MR) is 81.2 cm³/mol. The van der Waals surface area contributed by atoms with Crippen LogP contribution in [0.3, 0.4) is 0 Å². The third kappa shape index (κ3) is 2.45. The van der Waals surface area contributed by atoms with E-state index < -0.39 is 0 Å². The lowest BCUT2D eigenvalue weighted by Crippen LogP contribution is -2.40. The molecule has 0 radical (unpaired) electrons. The van der Waals surface area contributed by atoms with E-state index in [9.17, 15) is 0 Å². The van der Waals surface area contributed by atoms with Crippen LogP contribution in [-0.2, 0) is 6.42 Å². The summed E-state index contributed by atoms with van der Waals surface area (Å²) in [5.41, 5.74) is 3.43. The topological polar surface area (TPSA) is 12.0 Å². The molecule has 0 spiro atoms. The summed E-state index contributed by atoms with van der Waals surface area (Å²) in [6.07, 6.45) is 6.91. The summed E-state index contributed by atoms with van der Waals surface area (Å²) >= 11 is 0. The Bertz CT molecular complexity index is 443. The lowest BCUT2D eigenvalue weighted by molar-refractivity contribution is 0.226. The van der Waals surface area contributed by atoms with Crippen LogP contribution in [0.2, 0.25) is 0 Å². The van der Waals surface area contributed by atoms with Crippen LogP contribution in [0.15, 0.2) is 24.3 Å². The zero-order valence-corrected chi connectivity index (χ0v) is 12.6. The Balaban J connectivity index is 1.78. The Morgan fingerprint density at radius 3 is 2.58 bits per heavy atom. The standard InChI is InChI=1S/C18H27N/c1-13(14-8-4-5-9-14)19-17-16-11-7-6-10-15(16)12-18(17,2)3/h6-7,10-11,13-14,17,19H,4-5,8-9,12H2,1-3H3/t13-,17?/m1/s1. The highest BCUT2D eigenvalue weighted by Gasteiger charge is 2.39. The van der Waals surface area contributed by atoms with Crippen molar-refractivity contribution in [3.63, 3.8) is 0 Å². The number of fused-ring (bicyclic) bond motifs is 1. The second kappa shape index (κ2) is 4.94. The van der Waals surface area contributed by atoms with Gasteiger partial charge in [0.15, 0.2) is 0 Å². The molecule has 1 aromatic rings. The molecule has 104 valence electrons. The maximum Gasteiger partial charge on any atom is 0.0379 e. The second-order valence-corrected chi connectivity index (χ2v) is 7.30. The maximum absolute atomic E-state index is 3.97. The average Bonchev–Trinajstić information content (AvgIpc) is 2.96. The van der Waals surface area contributed by atoms with Gasteiger partial charge in [-0.25, -0.2) is 0 Å². The van der Waals surface area contributed by atoms with Gasteiger partial charge in [-0.15, -0.1) is 0 Å². The zero-order valence-electron chi connectivity index (χ0n) is 12.6. The van der Waals surface area contributed by atoms with Crippen molar-refractivity contribution in [2.24, 2.45) is 11.3 Å². The number of benzene rings is 1. The summed E-state index contributed by atoms with van der Waals surface area (Å²) in [6.45, 7) is 7.21. The first-order chi connectivity index (χ1) is 9.08. The van der Waals surface area contributed by atoms with Crippen LogP contribution in [0.1, 0.15) is 63.6 Å². The van der Waals surface area contributed by atoms with Crippen LogP contribution in [0.5, 0.6) is 0 Å². The Labute approximate surface area is 117 Å². The minimum atomic E-state index is 0.344. The molecule has 19 heavy (non-hydrogen) atoms. The lowest BCUT2D eigenvalue weighted by atomic mass is 9.84. The van der Waals surface area contributed by atoms with Gasteiger partial charge < -0.3 is 5.32 Å². The van der Waals surface area contributed by atoms with E-state index in [2.05, 4.69) is 50.4 Å². The van der Waals surface area contributed by atoms with Crippen molar-refractivity contribution in [1.29, 1.82) is 0 Å². The van der Waals surface area contributed by atoms with Crippen LogP contribution < -0.4 is 5.32 Å². The van der Waals surface area contributed by atoms with E-state index >= 15 is 0 Å². The molecule has 0 heterocycles. The van der Waals surface area contributed by atoms with Crippen LogP contribution in [0.25, 0.3) is 0 Å². The first-order valence-corrected chi connectivity index (χ1v) is 7.92. The van der Waals surface area contributed by atoms with Crippen molar-refractivity contribution in [3.05, 3.63) is 35.4 Å². The molecule has 0 amide bonds. The normalized spacial score (nSPS) is 27.4. The van der Waals surface area contributed by atoms with Gasteiger partial charge >= 0.3 is 0 Å². The van der Waals surface area contributed by atoms with E-state index in [4.69, 9.17) is 0 Å². The molecule has 0 aromatic heterocycles. The van der Waals surface area contributed by atoms with E-state index in [1.165, 1.54) is 37.7 Å². The summed E-state index contributed by atoms with van der Waals surface area (Å²) in [7, 11) is 0. The second-order valence-electron chi connectivity index (χ2n) is 7.30. The van der Waals surface area contributed by atoms with Gasteiger partial charge in [0.25, 0.3) is 0 Å². The smallest absolute Gasteiger partial charge is 0.0379 e. The van der Waals surface area contributed by atoms with E-state index in [0.29, 0.717) is 17.5 Å². The summed E-state index contributed by atoms with van der Waals surface area (Å²) in [6, 6.07) is 10.2. The molecule has 1 nitrogen and oxygen atoms in total. The summed E-state index contributed by atoms with van der Waals surface area (Å²) in [5.74, 6) is 0.892. The first-order valence-electron chi connectivity index (χ1n) is 7.92. The molecular formula is C18H27N. The number of hydrogen-bond acceptors (Lipinski definition) is 1. The van der Waals surface area contributed by atoms with Crippen LogP contribution in [0.4, 0.5) is 0 Å². The minimum Gasteiger partial charge on any atom is -0.307 e. The number of rotatable bonds is 3. The van der Waals surface area contributed by atoms with E-state index in [1.54, 1.807) is 5.56 Å². The molecule has 1 N–H and O–H groups in total. The molecule has 3 rings (SSSR count). The van der Waals surface area contributed by atoms with Crippen molar-refractivity contribution in [3.8, 4) is 0 Å². The first kappa shape index (κ1) is 13.2. The van der Waals surface area contributed by atoms with Gasteiger partial charge in [0.2, 0.25) is 0 Å². The largest absolute Gasteiger partial charge is 0.307 e. The Morgan fingerprint density at radius 1 is 1.16 bits per heavy atom. The summed E-state index contributed by atoms with van der Waals surface area (Å²) in [5, 5.41) is 3.97. The molecule has 0 aliphatic heterocycles. The summed E-state index contributed by atoms with van der Waals surface area (Å²) < 4.78 is 0. The molecule has 1 heteroatoms. The predicted octanol–water partition coefficient (Wildman–Crippen LogP) is 4.48. The molecule has 1 unspecified atom stereocenters. The van der Waals surface area contributed by atoms with Crippen LogP contribution in [0, 0.1) is 11.3 Å². The highest BCUT2D eigenvalue weighted by atomic mass is 15.0. The van der Waals surface area contributed by atoms with Crippen molar-refractivity contribution < 1.29 is 0 Å². The molecule has 0 bridgehead atoms. The van der Waals surface area contributed by atoms with E-state index in [-0.39, 0.29) is 0 Å². The third-order valence-corrected chi connectivity index (χ3v) is 5.33. The highest BCUT2D eigenvalue weighted by Crippen LogP contribution is 2.45. The van der Waals surface area contributed by atoms with Crippen molar-refractivity contribution >= 4 is 0 Å². The van der Waals surface area contributed by atoms with Crippen LogP contribution >= 0.6 is 0 Å². The monoisotopic (exact) mass is 257 g/mol. The zero-order chi connectivity index (χ0) is 13.5. The van der Waals surface area contributed by atoms with E-state index in [1.807, 2.05) is 0 Å². The van der Waals surface area contributed by atoms with Gasteiger partial charge in [-0.2, -0.15) is 0 Å². The average molecular weight is 257 g/mol. The van der Waals surface area contributed by atoms with Gasteiger partial charge in [-0.1, -0.05) is 51.0 Å². The highest BCUT2D eigenvalue weighted by molar-refractivity contribution is 5.37. The van der Waals surface area contributed by atoms with Gasteiger partial charge in [0, 0.05) is 12.1 Å². The van der Waals surface area contributed by atoms with Crippen molar-refractivity contribution in [2.45, 2.75) is 65.0 Å². The third-order valence-electron chi connectivity index (χ3n) is 5.33. The SMILES string of the molecule is C[C@@H](NC1c2ccccc2CC1(C)C)C1CCCC1. The molecule has 1 fully saturated rings. The Kier molecular flexibility index (Phi) is 3.42. The molecule has 2 atom stereocenters. The molecule has 1 aromatic carbocycles. The molecule has 0 saturated heterocycles. The fourth-order valence-corrected chi connectivity index (χ4v) is 4.16. The maximum atomic E-state index is 3.97. The van der Waals surface area contributed by atoms with Crippen molar-refractivity contribution in [2.75, 3.05) is 0 Å². The van der Waals surface area contributed by atoms with Gasteiger partial charge in [0.1, 0.15) is 0 Å². The number of nitrogens with one attached hydrogen (secondary N) is 1. The fraction of sp³-hybridized carbons (Fsp3) is 0.667. The van der Waals surface area contributed by atoms with Gasteiger partial charge in [-0.3, -0.25) is 0 Å². The van der Waals surface area contributed by atoms with Gasteiger partial charge in [-0.05, 0) is 48.6 Å². The minimum absolute atomic E-state index is 0.344. The molecule has 1 saturated carbocycles. The molecular weight excluding hydrogens is 230 g/mol. The van der Waals surface area contributed by atoms with Gasteiger partial charge in [0.05, 0.1) is 0 Å². The molecule has 2 aliphatic rings. The lowest BCUT2D eigenvalue weighted by Gasteiger charge is -2.33. The number of hydrogen-bond donors (Lipinski definition) is 1. The fourth-order valence-electron chi connectivity index (χ4n) is 4.16.